The highest BCUT2D eigenvalue weighted by Gasteiger charge is 2.05. The average molecular weight is 216 g/mol. The Kier molecular flexibility index (Phi) is 5.13. The molecule has 1 rings (SSSR count). The predicted molar refractivity (Wildman–Crippen MR) is 52.4 cm³/mol. The van der Waals surface area contributed by atoms with Crippen LogP contribution in [0.5, 0.6) is 0 Å². The molecule has 2 N–H and O–H groups in total. The number of hydrogen-bond donors (Lipinski definition) is 2. The maximum absolute atomic E-state index is 11.3. The second kappa shape index (κ2) is 6.47. The molecule has 0 radical (unpaired) electrons. The second-order valence-electron chi connectivity index (χ2n) is 2.47. The zero-order valence-corrected chi connectivity index (χ0v) is 8.42. The smallest absolute Gasteiger partial charge is 0.270 e. The summed E-state index contributed by atoms with van der Waals surface area (Å²) in [6, 6.07) is 0. The fraction of sp³-hybridized carbons (Fsp3) is 0.500. The van der Waals surface area contributed by atoms with Crippen molar-refractivity contribution in [3.63, 3.8) is 0 Å². The first kappa shape index (κ1) is 11.1. The first-order chi connectivity index (χ1) is 6.84. The van der Waals surface area contributed by atoms with Crippen LogP contribution in [0, 0.1) is 0 Å². The number of amides is 1. The molecule has 6 heteroatoms. The van der Waals surface area contributed by atoms with Crippen molar-refractivity contribution in [3.8, 4) is 0 Å². The Bertz CT molecular complexity index is 264. The molecule has 0 fully saturated rings. The fourth-order valence-electron chi connectivity index (χ4n) is 0.819. The third kappa shape index (κ3) is 3.82. The number of aliphatic hydroxyl groups excluding tert-OH is 1. The van der Waals surface area contributed by atoms with E-state index in [0.717, 1.165) is 0 Å². The van der Waals surface area contributed by atoms with Gasteiger partial charge in [0.2, 0.25) is 0 Å². The molecule has 1 heterocycles. The number of thiazole rings is 1. The van der Waals surface area contributed by atoms with Crippen molar-refractivity contribution in [2.75, 3.05) is 26.4 Å². The third-order valence-corrected chi connectivity index (χ3v) is 2.02. The SMILES string of the molecule is O=C(NCCOCCO)c1cscn1. The number of nitrogens with zero attached hydrogens (tertiary/aromatic N) is 1. The second-order valence-corrected chi connectivity index (χ2v) is 3.18. The first-order valence-electron chi connectivity index (χ1n) is 4.19. The number of carbonyl (C=O) groups excluding carboxylic acids is 1. The zero-order valence-electron chi connectivity index (χ0n) is 7.60. The molecule has 0 spiro atoms. The van der Waals surface area contributed by atoms with Crippen molar-refractivity contribution in [3.05, 3.63) is 16.6 Å². The van der Waals surface area contributed by atoms with Crippen LogP contribution in [0.3, 0.4) is 0 Å². The van der Waals surface area contributed by atoms with E-state index in [9.17, 15) is 4.79 Å². The molecule has 0 bridgehead atoms. The minimum absolute atomic E-state index is 0.0000323. The first-order valence-corrected chi connectivity index (χ1v) is 5.14. The quantitative estimate of drug-likeness (QED) is 0.650. The monoisotopic (exact) mass is 216 g/mol. The Balaban J connectivity index is 2.10. The largest absolute Gasteiger partial charge is 0.394 e. The topological polar surface area (TPSA) is 71.5 Å². The Morgan fingerprint density at radius 3 is 3.14 bits per heavy atom. The van der Waals surface area contributed by atoms with E-state index in [1.807, 2.05) is 0 Å². The van der Waals surface area contributed by atoms with Gasteiger partial charge < -0.3 is 15.2 Å². The molecule has 0 aliphatic carbocycles. The van der Waals surface area contributed by atoms with Crippen molar-refractivity contribution >= 4 is 17.2 Å². The minimum atomic E-state index is -0.196. The van der Waals surface area contributed by atoms with Crippen LogP contribution >= 0.6 is 11.3 Å². The highest BCUT2D eigenvalue weighted by molar-refractivity contribution is 7.07. The van der Waals surface area contributed by atoms with Crippen LogP contribution in [0.15, 0.2) is 10.9 Å². The summed E-state index contributed by atoms with van der Waals surface area (Å²) in [7, 11) is 0. The lowest BCUT2D eigenvalue weighted by Crippen LogP contribution is -2.27. The molecule has 0 saturated heterocycles. The molecule has 0 atom stereocenters. The number of hydrogen-bond acceptors (Lipinski definition) is 5. The van der Waals surface area contributed by atoms with Gasteiger partial charge in [-0.2, -0.15) is 0 Å². The van der Waals surface area contributed by atoms with E-state index in [1.165, 1.54) is 11.3 Å². The van der Waals surface area contributed by atoms with Gasteiger partial charge in [0.05, 0.1) is 25.3 Å². The van der Waals surface area contributed by atoms with Gasteiger partial charge in [-0.15, -0.1) is 11.3 Å². The number of aromatic nitrogens is 1. The van der Waals surface area contributed by atoms with Gasteiger partial charge in [0.15, 0.2) is 0 Å². The van der Waals surface area contributed by atoms with E-state index in [1.54, 1.807) is 10.9 Å². The lowest BCUT2D eigenvalue weighted by molar-refractivity contribution is 0.0835. The van der Waals surface area contributed by atoms with E-state index < -0.39 is 0 Å². The van der Waals surface area contributed by atoms with E-state index in [4.69, 9.17) is 9.84 Å². The van der Waals surface area contributed by atoms with Gasteiger partial charge in [0.25, 0.3) is 5.91 Å². The van der Waals surface area contributed by atoms with E-state index >= 15 is 0 Å². The van der Waals surface area contributed by atoms with Gasteiger partial charge in [0.1, 0.15) is 5.69 Å². The normalized spacial score (nSPS) is 10.1. The molecule has 78 valence electrons. The zero-order chi connectivity index (χ0) is 10.2. The van der Waals surface area contributed by atoms with Crippen molar-refractivity contribution in [2.24, 2.45) is 0 Å². The van der Waals surface area contributed by atoms with E-state index in [-0.39, 0.29) is 12.5 Å². The molecule has 1 amide bonds. The Morgan fingerprint density at radius 1 is 1.64 bits per heavy atom. The molecule has 5 nitrogen and oxygen atoms in total. The van der Waals surface area contributed by atoms with Crippen molar-refractivity contribution < 1.29 is 14.6 Å². The maximum atomic E-state index is 11.3. The summed E-state index contributed by atoms with van der Waals surface area (Å²) < 4.78 is 4.97. The van der Waals surface area contributed by atoms with Crippen LogP contribution in [0.1, 0.15) is 10.5 Å². The van der Waals surface area contributed by atoms with Crippen LogP contribution in [0.25, 0.3) is 0 Å². The van der Waals surface area contributed by atoms with Crippen LogP contribution in [-0.2, 0) is 4.74 Å². The number of nitrogens with one attached hydrogen (secondary N) is 1. The molecule has 1 aromatic rings. The van der Waals surface area contributed by atoms with Gasteiger partial charge in [-0.05, 0) is 0 Å². The van der Waals surface area contributed by atoms with Gasteiger partial charge in [-0.3, -0.25) is 4.79 Å². The Hall–Kier alpha value is -0.980. The standard InChI is InChI=1S/C8H12N2O3S/c11-2-4-13-3-1-9-8(12)7-5-14-6-10-7/h5-6,11H,1-4H2,(H,9,12). The van der Waals surface area contributed by atoms with E-state index in [2.05, 4.69) is 10.3 Å². The van der Waals surface area contributed by atoms with Gasteiger partial charge >= 0.3 is 0 Å². The fourth-order valence-corrected chi connectivity index (χ4v) is 1.35. The van der Waals surface area contributed by atoms with Crippen LogP contribution < -0.4 is 5.32 Å². The summed E-state index contributed by atoms with van der Waals surface area (Å²) in [5.74, 6) is -0.196. The van der Waals surface area contributed by atoms with Gasteiger partial charge in [0, 0.05) is 11.9 Å². The van der Waals surface area contributed by atoms with E-state index in [0.29, 0.717) is 25.5 Å². The lowest BCUT2D eigenvalue weighted by atomic mass is 10.4. The molecular formula is C8H12N2O3S. The predicted octanol–water partition coefficient (Wildman–Crippen LogP) is -0.118. The Labute approximate surface area is 85.7 Å². The summed E-state index contributed by atoms with van der Waals surface area (Å²) in [5.41, 5.74) is 2.04. The van der Waals surface area contributed by atoms with Crippen molar-refractivity contribution in [1.82, 2.24) is 10.3 Å². The van der Waals surface area contributed by atoms with Crippen molar-refractivity contribution in [1.29, 1.82) is 0 Å². The van der Waals surface area contributed by atoms with Crippen LogP contribution in [0.4, 0.5) is 0 Å². The molecule has 0 aromatic carbocycles. The minimum Gasteiger partial charge on any atom is -0.394 e. The maximum Gasteiger partial charge on any atom is 0.270 e. The molecule has 1 aromatic heterocycles. The lowest BCUT2D eigenvalue weighted by Gasteiger charge is -2.03. The van der Waals surface area contributed by atoms with Crippen LogP contribution in [0.2, 0.25) is 0 Å². The molecule has 14 heavy (non-hydrogen) atoms. The molecule has 0 unspecified atom stereocenters. The number of ether oxygens (including phenoxy) is 1. The summed E-state index contributed by atoms with van der Waals surface area (Å²) in [6.07, 6.45) is 0. The van der Waals surface area contributed by atoms with Crippen LogP contribution in [-0.4, -0.2) is 42.4 Å². The number of carbonyl (C=O) groups is 1. The summed E-state index contributed by atoms with van der Waals surface area (Å²) >= 11 is 1.38. The highest BCUT2D eigenvalue weighted by Crippen LogP contribution is 1.99. The van der Waals surface area contributed by atoms with Crippen molar-refractivity contribution in [2.45, 2.75) is 0 Å². The third-order valence-electron chi connectivity index (χ3n) is 1.43. The molecule has 0 aliphatic rings. The summed E-state index contributed by atoms with van der Waals surface area (Å²) in [6.45, 7) is 1.12. The van der Waals surface area contributed by atoms with Gasteiger partial charge in [-0.1, -0.05) is 0 Å². The van der Waals surface area contributed by atoms with Gasteiger partial charge in [-0.25, -0.2) is 4.98 Å². The highest BCUT2D eigenvalue weighted by atomic mass is 32.1. The number of aliphatic hydroxyl groups is 1. The number of rotatable bonds is 6. The summed E-state index contributed by atoms with van der Waals surface area (Å²) in [5, 5.41) is 12.7. The molecule has 0 saturated carbocycles. The molecular weight excluding hydrogens is 204 g/mol. The molecule has 0 aliphatic heterocycles. The summed E-state index contributed by atoms with van der Waals surface area (Å²) in [4.78, 5) is 15.1. The average Bonchev–Trinajstić information content (AvgIpc) is 2.70. The Morgan fingerprint density at radius 2 is 2.50 bits per heavy atom.